The molecule has 0 atom stereocenters. The van der Waals surface area contributed by atoms with Gasteiger partial charge >= 0.3 is 0 Å². The number of halogens is 2. The van der Waals surface area contributed by atoms with E-state index in [2.05, 4.69) is 10.6 Å². The van der Waals surface area contributed by atoms with Crippen molar-refractivity contribution >= 4 is 40.5 Å². The molecule has 0 aromatic heterocycles. The highest BCUT2D eigenvalue weighted by Gasteiger charge is 2.04. The Labute approximate surface area is 132 Å². The van der Waals surface area contributed by atoms with Gasteiger partial charge in [-0.25, -0.2) is 0 Å². The first-order valence-corrected chi connectivity index (χ1v) is 6.83. The monoisotopic (exact) mass is 319 g/mol. The molecule has 0 radical (unpaired) electrons. The Hall–Kier alpha value is -2.22. The fourth-order valence-corrected chi connectivity index (χ4v) is 1.92. The largest absolute Gasteiger partial charge is 0.376 e. The van der Waals surface area contributed by atoms with E-state index in [4.69, 9.17) is 28.5 Å². The van der Waals surface area contributed by atoms with E-state index in [1.165, 1.54) is 0 Å². The third-order valence-electron chi connectivity index (χ3n) is 2.67. The van der Waals surface area contributed by atoms with Crippen LogP contribution in [0.3, 0.4) is 0 Å². The number of carbonyl (C=O) groups excluding carboxylic acids is 1. The number of anilines is 2. The second-order valence-electron chi connectivity index (χ2n) is 4.22. The lowest BCUT2D eigenvalue weighted by Crippen LogP contribution is -2.21. The zero-order valence-corrected chi connectivity index (χ0v) is 12.4. The zero-order valence-electron chi connectivity index (χ0n) is 10.9. The molecule has 6 heteroatoms. The number of nitrogens with one attached hydrogen (secondary N) is 2. The standard InChI is InChI=1S/C15H11Cl2N3O/c16-13-6-5-12(7-14(13)17)19-9-15(21)20-11-3-1-10(8-18)2-4-11/h1-7,19H,9H2,(H,20,21). The molecule has 2 aromatic rings. The van der Waals surface area contributed by atoms with Crippen LogP contribution in [0.2, 0.25) is 10.0 Å². The van der Waals surface area contributed by atoms with Crippen LogP contribution in [0, 0.1) is 11.3 Å². The van der Waals surface area contributed by atoms with Crippen LogP contribution in [0.4, 0.5) is 11.4 Å². The molecule has 21 heavy (non-hydrogen) atoms. The van der Waals surface area contributed by atoms with E-state index < -0.39 is 0 Å². The Balaban J connectivity index is 1.89. The third kappa shape index (κ3) is 4.38. The maximum Gasteiger partial charge on any atom is 0.243 e. The summed E-state index contributed by atoms with van der Waals surface area (Å²) in [4.78, 5) is 11.8. The van der Waals surface area contributed by atoms with Crippen molar-refractivity contribution in [1.29, 1.82) is 5.26 Å². The van der Waals surface area contributed by atoms with Gasteiger partial charge in [0.15, 0.2) is 0 Å². The Morgan fingerprint density at radius 1 is 1.05 bits per heavy atom. The molecule has 2 N–H and O–H groups in total. The van der Waals surface area contributed by atoms with Crippen molar-refractivity contribution in [3.8, 4) is 6.07 Å². The van der Waals surface area contributed by atoms with Crippen LogP contribution in [0.25, 0.3) is 0 Å². The van der Waals surface area contributed by atoms with Gasteiger partial charge in [-0.2, -0.15) is 5.26 Å². The third-order valence-corrected chi connectivity index (χ3v) is 3.41. The fourth-order valence-electron chi connectivity index (χ4n) is 1.62. The zero-order chi connectivity index (χ0) is 15.2. The van der Waals surface area contributed by atoms with E-state index in [0.717, 1.165) is 0 Å². The number of hydrogen-bond acceptors (Lipinski definition) is 3. The summed E-state index contributed by atoms with van der Waals surface area (Å²) in [5.74, 6) is -0.203. The highest BCUT2D eigenvalue weighted by Crippen LogP contribution is 2.24. The smallest absolute Gasteiger partial charge is 0.243 e. The lowest BCUT2D eigenvalue weighted by Gasteiger charge is -2.08. The first-order chi connectivity index (χ1) is 10.1. The lowest BCUT2D eigenvalue weighted by atomic mass is 10.2. The first kappa shape index (κ1) is 15.2. The molecule has 2 rings (SSSR count). The van der Waals surface area contributed by atoms with Crippen molar-refractivity contribution in [1.82, 2.24) is 0 Å². The minimum Gasteiger partial charge on any atom is -0.376 e. The summed E-state index contributed by atoms with van der Waals surface area (Å²) >= 11 is 11.7. The average molecular weight is 320 g/mol. The minimum atomic E-state index is -0.203. The molecule has 0 aliphatic carbocycles. The van der Waals surface area contributed by atoms with Crippen LogP contribution in [-0.4, -0.2) is 12.5 Å². The van der Waals surface area contributed by atoms with Crippen molar-refractivity contribution < 1.29 is 4.79 Å². The van der Waals surface area contributed by atoms with Crippen LogP contribution in [-0.2, 0) is 4.79 Å². The summed E-state index contributed by atoms with van der Waals surface area (Å²) in [5, 5.41) is 15.2. The van der Waals surface area contributed by atoms with E-state index in [0.29, 0.717) is 27.0 Å². The predicted octanol–water partition coefficient (Wildman–Crippen LogP) is 3.92. The number of nitrogens with zero attached hydrogens (tertiary/aromatic N) is 1. The van der Waals surface area contributed by atoms with E-state index in [1.54, 1.807) is 42.5 Å². The van der Waals surface area contributed by atoms with Crippen molar-refractivity contribution in [2.24, 2.45) is 0 Å². The van der Waals surface area contributed by atoms with Gasteiger partial charge in [0.2, 0.25) is 5.91 Å². The number of nitriles is 1. The maximum atomic E-state index is 11.8. The number of benzene rings is 2. The summed E-state index contributed by atoms with van der Waals surface area (Å²) in [6, 6.07) is 13.7. The molecular formula is C15H11Cl2N3O. The number of rotatable bonds is 4. The molecule has 0 heterocycles. The number of hydrogen-bond donors (Lipinski definition) is 2. The molecule has 0 saturated carbocycles. The van der Waals surface area contributed by atoms with Gasteiger partial charge in [-0.3, -0.25) is 4.79 Å². The highest BCUT2D eigenvalue weighted by atomic mass is 35.5. The molecule has 0 aliphatic heterocycles. The Morgan fingerprint density at radius 3 is 2.33 bits per heavy atom. The Kier molecular flexibility index (Phi) is 5.04. The molecule has 0 fully saturated rings. The van der Waals surface area contributed by atoms with Crippen LogP contribution in [0.1, 0.15) is 5.56 Å². The summed E-state index contributed by atoms with van der Waals surface area (Å²) < 4.78 is 0. The van der Waals surface area contributed by atoms with Gasteiger partial charge in [0.1, 0.15) is 0 Å². The molecule has 106 valence electrons. The van der Waals surface area contributed by atoms with Crippen molar-refractivity contribution in [2.75, 3.05) is 17.2 Å². The van der Waals surface area contributed by atoms with Crippen molar-refractivity contribution in [2.45, 2.75) is 0 Å². The van der Waals surface area contributed by atoms with Gasteiger partial charge in [0.05, 0.1) is 28.2 Å². The van der Waals surface area contributed by atoms with Gasteiger partial charge in [-0.1, -0.05) is 23.2 Å². The molecule has 0 unspecified atom stereocenters. The summed E-state index contributed by atoms with van der Waals surface area (Å²) in [5.41, 5.74) is 1.89. The van der Waals surface area contributed by atoms with E-state index in [-0.39, 0.29) is 12.5 Å². The molecule has 4 nitrogen and oxygen atoms in total. The van der Waals surface area contributed by atoms with E-state index in [1.807, 2.05) is 6.07 Å². The van der Waals surface area contributed by atoms with Crippen molar-refractivity contribution in [3.63, 3.8) is 0 Å². The van der Waals surface area contributed by atoms with E-state index >= 15 is 0 Å². The predicted molar refractivity (Wildman–Crippen MR) is 84.7 cm³/mol. The summed E-state index contributed by atoms with van der Waals surface area (Å²) in [6.07, 6.45) is 0. The molecule has 2 aromatic carbocycles. The van der Waals surface area contributed by atoms with Crippen LogP contribution >= 0.6 is 23.2 Å². The molecule has 1 amide bonds. The maximum absolute atomic E-state index is 11.8. The van der Waals surface area contributed by atoms with Gasteiger partial charge in [0.25, 0.3) is 0 Å². The number of amides is 1. The molecule has 0 aliphatic rings. The molecule has 0 saturated heterocycles. The van der Waals surface area contributed by atoms with Crippen molar-refractivity contribution in [3.05, 3.63) is 58.1 Å². The molecular weight excluding hydrogens is 309 g/mol. The van der Waals surface area contributed by atoms with Crippen LogP contribution in [0.15, 0.2) is 42.5 Å². The minimum absolute atomic E-state index is 0.0952. The first-order valence-electron chi connectivity index (χ1n) is 6.07. The van der Waals surface area contributed by atoms with Gasteiger partial charge in [-0.05, 0) is 42.5 Å². The second-order valence-corrected chi connectivity index (χ2v) is 5.03. The van der Waals surface area contributed by atoms with Gasteiger partial charge in [0, 0.05) is 11.4 Å². The topological polar surface area (TPSA) is 64.9 Å². The van der Waals surface area contributed by atoms with E-state index in [9.17, 15) is 4.79 Å². The summed E-state index contributed by atoms with van der Waals surface area (Å²) in [7, 11) is 0. The quantitative estimate of drug-likeness (QED) is 0.897. The lowest BCUT2D eigenvalue weighted by molar-refractivity contribution is -0.114. The second kappa shape index (κ2) is 6.98. The average Bonchev–Trinajstić information content (AvgIpc) is 2.49. The van der Waals surface area contributed by atoms with Crippen LogP contribution in [0.5, 0.6) is 0 Å². The fraction of sp³-hybridized carbons (Fsp3) is 0.0667. The van der Waals surface area contributed by atoms with Gasteiger partial charge in [-0.15, -0.1) is 0 Å². The Morgan fingerprint density at radius 2 is 1.71 bits per heavy atom. The van der Waals surface area contributed by atoms with Crippen LogP contribution < -0.4 is 10.6 Å². The highest BCUT2D eigenvalue weighted by molar-refractivity contribution is 6.42. The normalized spacial score (nSPS) is 9.76. The molecule has 0 spiro atoms. The summed E-state index contributed by atoms with van der Waals surface area (Å²) in [6.45, 7) is 0.0952. The number of carbonyl (C=O) groups is 1. The molecule has 0 bridgehead atoms. The Bertz CT molecular complexity index is 693. The SMILES string of the molecule is N#Cc1ccc(NC(=O)CNc2ccc(Cl)c(Cl)c2)cc1. The van der Waals surface area contributed by atoms with Gasteiger partial charge < -0.3 is 10.6 Å².